The summed E-state index contributed by atoms with van der Waals surface area (Å²) in [5.74, 6) is 0. The Morgan fingerprint density at radius 2 is 1.04 bits per heavy atom. The van der Waals surface area contributed by atoms with E-state index in [-0.39, 0.29) is 52.1 Å². The molecule has 0 spiro atoms. The van der Waals surface area contributed by atoms with Gasteiger partial charge >= 0.3 is 96.9 Å². The van der Waals surface area contributed by atoms with E-state index in [4.69, 9.17) is 15.3 Å². The second-order valence-electron chi connectivity index (χ2n) is 4.39. The minimum atomic E-state index is -8.40. The van der Waals surface area contributed by atoms with E-state index in [1.807, 2.05) is 0 Å². The number of aliphatic hydroxyl groups is 3. The Morgan fingerprint density at radius 1 is 0.786 bits per heavy atom. The molecule has 0 aliphatic heterocycles. The van der Waals surface area contributed by atoms with E-state index in [2.05, 4.69) is 0 Å². The molecule has 0 atom stereocenters. The first-order valence-corrected chi connectivity index (χ1v) is 11.6. The average molecular weight is 573 g/mol. The minimum absolute atomic E-state index is 0. The van der Waals surface area contributed by atoms with Crippen molar-refractivity contribution in [3.63, 3.8) is 0 Å². The topological polar surface area (TPSA) is 60.7 Å². The van der Waals surface area contributed by atoms with Crippen molar-refractivity contribution >= 4 is 13.3 Å². The summed E-state index contributed by atoms with van der Waals surface area (Å²) in [5.41, 5.74) is 0. The van der Waals surface area contributed by atoms with Crippen LogP contribution in [-0.4, -0.2) is 63.4 Å². The van der Waals surface area contributed by atoms with Crippen molar-refractivity contribution in [2.24, 2.45) is 0 Å². The van der Waals surface area contributed by atoms with Gasteiger partial charge in [0.1, 0.15) is 0 Å². The Kier molecular flexibility index (Phi) is 20.2. The molecule has 0 aromatic rings. The summed E-state index contributed by atoms with van der Waals surface area (Å²) in [6, 6.07) is 0. The Labute approximate surface area is 178 Å². The van der Waals surface area contributed by atoms with Crippen LogP contribution in [0.15, 0.2) is 16.6 Å². The van der Waals surface area contributed by atoms with Gasteiger partial charge in [-0.15, -0.1) is 0 Å². The zero-order valence-electron chi connectivity index (χ0n) is 15.2. The predicted molar refractivity (Wildman–Crippen MR) is 82.7 cm³/mol. The fraction of sp³-hybridized carbons (Fsp3) is 0.714. The number of aliphatic hydroxyl groups excluding tert-OH is 3. The van der Waals surface area contributed by atoms with Crippen LogP contribution in [0.25, 0.3) is 0 Å². The number of halogens is 9. The van der Waals surface area contributed by atoms with Crippen LogP contribution in [0, 0.1) is 6.08 Å². The first kappa shape index (κ1) is 35.6. The van der Waals surface area contributed by atoms with Gasteiger partial charge in [0.15, 0.2) is 0 Å². The molecule has 0 amide bonds. The first-order valence-electron chi connectivity index (χ1n) is 7.40. The van der Waals surface area contributed by atoms with E-state index < -0.39 is 39.1 Å². The molecule has 0 heterocycles. The number of alkyl halides is 9. The van der Waals surface area contributed by atoms with Crippen LogP contribution >= 0.6 is 0 Å². The standard InChI is InChI=1S/C8H4F9Ge.3C2H6O.Zr/c9-6(10,11)18(7(12,13)14,8(15,16)17)5-3-1-2-4-5;3*1-2-3;/h1,3H,2H2;3*3H,2H2,1H3;/q-1;;;;. The Bertz CT molecular complexity index is 406. The summed E-state index contributed by atoms with van der Waals surface area (Å²) in [5, 5.41) is 3.61. The number of hydrogen-bond donors (Lipinski definition) is 3. The smallest absolute Gasteiger partial charge is 0 e. The Balaban J connectivity index is -0.000000245. The van der Waals surface area contributed by atoms with Crippen molar-refractivity contribution in [3.05, 3.63) is 22.6 Å². The molecule has 0 saturated heterocycles. The van der Waals surface area contributed by atoms with Crippen LogP contribution in [0.3, 0.4) is 0 Å². The first-order chi connectivity index (χ1) is 12.1. The van der Waals surface area contributed by atoms with E-state index in [9.17, 15) is 39.5 Å². The molecule has 0 fully saturated rings. The molecule has 0 aromatic heterocycles. The molecule has 0 saturated carbocycles. The third-order valence-corrected chi connectivity index (χ3v) is 10.1. The average Bonchev–Trinajstić information content (AvgIpc) is 2.90. The Hall–Kier alpha value is 0.156. The maximum atomic E-state index is 12.6. The molecule has 14 heteroatoms. The van der Waals surface area contributed by atoms with Gasteiger partial charge in [-0.05, 0) is 20.8 Å². The van der Waals surface area contributed by atoms with E-state index in [0.29, 0.717) is 0 Å². The molecular weight excluding hydrogens is 551 g/mol. The second kappa shape index (κ2) is 15.9. The quantitative estimate of drug-likeness (QED) is 0.253. The van der Waals surface area contributed by atoms with Crippen molar-refractivity contribution in [1.82, 2.24) is 0 Å². The summed E-state index contributed by atoms with van der Waals surface area (Å²) in [6.07, 6.45) is 2.09. The number of allylic oxidation sites excluding steroid dienone is 4. The fourth-order valence-electron chi connectivity index (χ4n) is 1.60. The van der Waals surface area contributed by atoms with Crippen LogP contribution in [0.4, 0.5) is 39.5 Å². The maximum absolute atomic E-state index is 12.6. The normalized spacial score (nSPS) is 13.6. The fourth-order valence-corrected chi connectivity index (χ4v) is 7.09. The van der Waals surface area contributed by atoms with Crippen LogP contribution in [0.1, 0.15) is 27.2 Å². The number of hydrogen-bond acceptors (Lipinski definition) is 3. The molecule has 0 radical (unpaired) electrons. The summed E-state index contributed by atoms with van der Waals surface area (Å²) >= 11 is -8.40. The molecule has 0 bridgehead atoms. The third-order valence-electron chi connectivity index (χ3n) is 2.37. The summed E-state index contributed by atoms with van der Waals surface area (Å²) in [4.78, 5) is 0. The molecule has 1 aliphatic carbocycles. The van der Waals surface area contributed by atoms with Crippen molar-refractivity contribution < 1.29 is 81.0 Å². The zero-order valence-corrected chi connectivity index (χ0v) is 19.8. The van der Waals surface area contributed by atoms with Gasteiger partial charge in [0.05, 0.1) is 0 Å². The molecule has 28 heavy (non-hydrogen) atoms. The van der Waals surface area contributed by atoms with Gasteiger partial charge in [-0.2, -0.15) is 0 Å². The van der Waals surface area contributed by atoms with Crippen LogP contribution < -0.4 is 0 Å². The van der Waals surface area contributed by atoms with E-state index in [1.54, 1.807) is 26.8 Å². The van der Waals surface area contributed by atoms with E-state index in [1.165, 1.54) is 0 Å². The SMILES string of the molecule is CCO.CCO.CCO.F[C](F)(F)[Ge]([C]1=[C-]CC=C1)([C](F)(F)F)[C](F)(F)F.[Zr]. The van der Waals surface area contributed by atoms with Gasteiger partial charge in [0.25, 0.3) is 0 Å². The summed E-state index contributed by atoms with van der Waals surface area (Å²) in [6.45, 7) is 5.79. The van der Waals surface area contributed by atoms with Gasteiger partial charge in [-0.3, -0.25) is 0 Å². The third kappa shape index (κ3) is 10.3. The van der Waals surface area contributed by atoms with Gasteiger partial charge in [-0.25, -0.2) is 0 Å². The summed E-state index contributed by atoms with van der Waals surface area (Å²) in [7, 11) is 0. The van der Waals surface area contributed by atoms with Gasteiger partial charge in [0.2, 0.25) is 0 Å². The van der Waals surface area contributed by atoms with Gasteiger partial charge < -0.3 is 15.3 Å². The number of rotatable bonds is 1. The maximum Gasteiger partial charge on any atom is 0 e. The molecule has 3 N–H and O–H groups in total. The predicted octanol–water partition coefficient (Wildman–Crippen LogP) is 3.96. The summed E-state index contributed by atoms with van der Waals surface area (Å²) < 4.78 is 111. The van der Waals surface area contributed by atoms with Crippen molar-refractivity contribution in [1.29, 1.82) is 0 Å². The van der Waals surface area contributed by atoms with E-state index in [0.717, 1.165) is 6.08 Å². The molecular formula is C14H22F9GeO3Zr-. The van der Waals surface area contributed by atoms with Gasteiger partial charge in [-0.1, -0.05) is 0 Å². The van der Waals surface area contributed by atoms with Crippen molar-refractivity contribution in [3.8, 4) is 0 Å². The van der Waals surface area contributed by atoms with Crippen LogP contribution in [0.2, 0.25) is 0 Å². The second-order valence-corrected chi connectivity index (χ2v) is 12.2. The molecule has 168 valence electrons. The van der Waals surface area contributed by atoms with Crippen molar-refractivity contribution in [2.75, 3.05) is 19.8 Å². The molecule has 0 unspecified atom stereocenters. The molecule has 3 nitrogen and oxygen atoms in total. The molecule has 0 aromatic carbocycles. The molecule has 1 rings (SSSR count). The van der Waals surface area contributed by atoms with Crippen LogP contribution in [-0.2, 0) is 26.2 Å². The Morgan fingerprint density at radius 3 is 1.18 bits per heavy atom. The van der Waals surface area contributed by atoms with Crippen molar-refractivity contribution in [2.45, 2.75) is 42.2 Å². The van der Waals surface area contributed by atoms with Gasteiger partial charge in [0, 0.05) is 46.0 Å². The monoisotopic (exact) mass is 573 g/mol. The largest absolute Gasteiger partial charge is 0 e. The van der Waals surface area contributed by atoms with Crippen LogP contribution in [0.5, 0.6) is 0 Å². The molecule has 1 aliphatic rings. The zero-order chi connectivity index (χ0) is 22.5. The minimum Gasteiger partial charge on any atom is 0 e. The van der Waals surface area contributed by atoms with E-state index >= 15 is 0 Å².